The molecule has 1 atom stereocenters. The van der Waals surface area contributed by atoms with E-state index in [-0.39, 0.29) is 0 Å². The zero-order valence-corrected chi connectivity index (χ0v) is 11.4. The minimum absolute atomic E-state index is 0.361. The van der Waals surface area contributed by atoms with Crippen molar-refractivity contribution in [3.63, 3.8) is 0 Å². The molecule has 1 aromatic heterocycles. The molecule has 1 N–H and O–H groups in total. The molecule has 0 amide bonds. The van der Waals surface area contributed by atoms with E-state index in [9.17, 15) is 5.11 Å². The molecule has 1 unspecified atom stereocenters. The molecule has 0 aromatic carbocycles. The number of aryl methyl sites for hydroxylation is 2. The Morgan fingerprint density at radius 1 is 1.41 bits per heavy atom. The van der Waals surface area contributed by atoms with Crippen molar-refractivity contribution in [3.8, 4) is 0 Å². The van der Waals surface area contributed by atoms with Crippen molar-refractivity contribution < 1.29 is 9.84 Å². The van der Waals surface area contributed by atoms with Gasteiger partial charge in [-0.3, -0.25) is 4.68 Å². The predicted octanol–water partition coefficient (Wildman–Crippen LogP) is 1.80. The van der Waals surface area contributed by atoms with Crippen LogP contribution in [0.2, 0.25) is 0 Å². The Kier molecular flexibility index (Phi) is 5.15. The van der Waals surface area contributed by atoms with E-state index in [1.54, 1.807) is 6.92 Å². The lowest BCUT2D eigenvalue weighted by molar-refractivity contribution is -0.0308. The number of hydrogen-bond donors (Lipinski definition) is 1. The predicted molar refractivity (Wildman–Crippen MR) is 68.1 cm³/mol. The molecule has 0 aliphatic rings. The van der Waals surface area contributed by atoms with E-state index < -0.39 is 5.60 Å². The summed E-state index contributed by atoms with van der Waals surface area (Å²) >= 11 is 0. The maximum Gasteiger partial charge on any atom is 0.0907 e. The molecule has 98 valence electrons. The lowest BCUT2D eigenvalue weighted by Crippen LogP contribution is -2.34. The van der Waals surface area contributed by atoms with Gasteiger partial charge in [-0.25, -0.2) is 0 Å². The van der Waals surface area contributed by atoms with E-state index in [1.807, 2.05) is 11.6 Å². The summed E-state index contributed by atoms with van der Waals surface area (Å²) in [4.78, 5) is 0. The maximum absolute atomic E-state index is 10.2. The van der Waals surface area contributed by atoms with E-state index in [0.29, 0.717) is 19.6 Å². The fourth-order valence-electron chi connectivity index (χ4n) is 1.87. The Labute approximate surface area is 104 Å². The zero-order chi connectivity index (χ0) is 12.9. The number of ether oxygens (including phenoxy) is 1. The second-order valence-corrected chi connectivity index (χ2v) is 4.61. The summed E-state index contributed by atoms with van der Waals surface area (Å²) < 4.78 is 7.26. The highest BCUT2D eigenvalue weighted by Gasteiger charge is 2.23. The van der Waals surface area contributed by atoms with E-state index in [2.05, 4.69) is 25.0 Å². The monoisotopic (exact) mass is 240 g/mol. The highest BCUT2D eigenvalue weighted by molar-refractivity contribution is 5.12. The molecule has 17 heavy (non-hydrogen) atoms. The molecule has 4 heteroatoms. The van der Waals surface area contributed by atoms with Crippen LogP contribution in [-0.4, -0.2) is 33.7 Å². The smallest absolute Gasteiger partial charge is 0.0907 e. The molecule has 0 aliphatic carbocycles. The van der Waals surface area contributed by atoms with Crippen molar-refractivity contribution in [3.05, 3.63) is 17.5 Å². The first kappa shape index (κ1) is 14.2. The average Bonchev–Trinajstić information content (AvgIpc) is 2.68. The fraction of sp³-hybridized carbons (Fsp3) is 0.769. The van der Waals surface area contributed by atoms with E-state index >= 15 is 0 Å². The van der Waals surface area contributed by atoms with Crippen LogP contribution >= 0.6 is 0 Å². The minimum atomic E-state index is -0.825. The maximum atomic E-state index is 10.2. The molecule has 4 nitrogen and oxygen atoms in total. The van der Waals surface area contributed by atoms with Crippen molar-refractivity contribution in [2.75, 3.05) is 13.2 Å². The van der Waals surface area contributed by atoms with Gasteiger partial charge in [0.25, 0.3) is 0 Å². The summed E-state index contributed by atoms with van der Waals surface area (Å²) in [5.74, 6) is 0. The van der Waals surface area contributed by atoms with Crippen molar-refractivity contribution in [1.29, 1.82) is 0 Å². The van der Waals surface area contributed by atoms with Crippen molar-refractivity contribution in [2.45, 2.75) is 52.7 Å². The molecule has 1 rings (SSSR count). The molecule has 0 radical (unpaired) electrons. The summed E-state index contributed by atoms with van der Waals surface area (Å²) in [5.41, 5.74) is 1.33. The van der Waals surface area contributed by atoms with Gasteiger partial charge in [-0.15, -0.1) is 0 Å². The third-order valence-corrected chi connectivity index (χ3v) is 2.75. The molecule has 1 heterocycles. The number of aromatic nitrogens is 2. The second-order valence-electron chi connectivity index (χ2n) is 4.61. The SMILES string of the molecule is CCOCC(C)(O)Cc1cc(CC)nn1CC. The third-order valence-electron chi connectivity index (χ3n) is 2.75. The summed E-state index contributed by atoms with van der Waals surface area (Å²) in [6.45, 7) is 9.71. The minimum Gasteiger partial charge on any atom is -0.387 e. The van der Waals surface area contributed by atoms with Gasteiger partial charge in [0, 0.05) is 25.3 Å². The summed E-state index contributed by atoms with van der Waals surface area (Å²) in [7, 11) is 0. The van der Waals surface area contributed by atoms with Gasteiger partial charge in [0.15, 0.2) is 0 Å². The number of aliphatic hydroxyl groups is 1. The van der Waals surface area contributed by atoms with Crippen LogP contribution in [0, 0.1) is 0 Å². The van der Waals surface area contributed by atoms with Crippen LogP contribution in [0.5, 0.6) is 0 Å². The van der Waals surface area contributed by atoms with E-state index in [1.165, 1.54) is 0 Å². The van der Waals surface area contributed by atoms with Crippen molar-refractivity contribution >= 4 is 0 Å². The van der Waals surface area contributed by atoms with Gasteiger partial charge >= 0.3 is 0 Å². The largest absolute Gasteiger partial charge is 0.387 e. The first-order valence-corrected chi connectivity index (χ1v) is 6.38. The Balaban J connectivity index is 2.75. The van der Waals surface area contributed by atoms with E-state index in [4.69, 9.17) is 4.74 Å². The quantitative estimate of drug-likeness (QED) is 0.790. The molecule has 0 fully saturated rings. The molecule has 0 saturated carbocycles. The Bertz CT molecular complexity index is 345. The molecule has 0 aliphatic heterocycles. The average molecular weight is 240 g/mol. The third kappa shape index (κ3) is 4.13. The summed E-state index contributed by atoms with van der Waals surface area (Å²) in [5, 5.41) is 14.7. The van der Waals surface area contributed by atoms with Gasteiger partial charge in [0.1, 0.15) is 0 Å². The van der Waals surface area contributed by atoms with Crippen LogP contribution in [0.25, 0.3) is 0 Å². The van der Waals surface area contributed by atoms with Crippen LogP contribution in [0.1, 0.15) is 39.1 Å². The lowest BCUT2D eigenvalue weighted by atomic mass is 10.0. The number of hydrogen-bond acceptors (Lipinski definition) is 3. The summed E-state index contributed by atoms with van der Waals surface area (Å²) in [6, 6.07) is 2.07. The Morgan fingerprint density at radius 3 is 2.65 bits per heavy atom. The molecule has 1 aromatic rings. The van der Waals surface area contributed by atoms with Gasteiger partial charge in [0.2, 0.25) is 0 Å². The molecule has 0 spiro atoms. The van der Waals surface area contributed by atoms with Crippen LogP contribution in [0.3, 0.4) is 0 Å². The highest BCUT2D eigenvalue weighted by atomic mass is 16.5. The molecular weight excluding hydrogens is 216 g/mol. The van der Waals surface area contributed by atoms with E-state index in [0.717, 1.165) is 24.4 Å². The van der Waals surface area contributed by atoms with Crippen LogP contribution < -0.4 is 0 Å². The van der Waals surface area contributed by atoms with Crippen LogP contribution in [0.15, 0.2) is 6.07 Å². The fourth-order valence-corrected chi connectivity index (χ4v) is 1.87. The number of nitrogens with zero attached hydrogens (tertiary/aromatic N) is 2. The Morgan fingerprint density at radius 2 is 2.12 bits per heavy atom. The van der Waals surface area contributed by atoms with Crippen molar-refractivity contribution in [1.82, 2.24) is 9.78 Å². The van der Waals surface area contributed by atoms with Gasteiger partial charge in [0.05, 0.1) is 17.9 Å². The molecule has 0 bridgehead atoms. The summed E-state index contributed by atoms with van der Waals surface area (Å²) in [6.07, 6.45) is 1.50. The van der Waals surface area contributed by atoms with Gasteiger partial charge in [-0.1, -0.05) is 6.92 Å². The molecule has 0 saturated heterocycles. The highest BCUT2D eigenvalue weighted by Crippen LogP contribution is 2.15. The topological polar surface area (TPSA) is 47.3 Å². The van der Waals surface area contributed by atoms with Gasteiger partial charge < -0.3 is 9.84 Å². The molecular formula is C13H24N2O2. The first-order chi connectivity index (χ1) is 8.02. The van der Waals surface area contributed by atoms with Gasteiger partial charge in [-0.2, -0.15) is 5.10 Å². The number of rotatable bonds is 7. The Hall–Kier alpha value is -0.870. The van der Waals surface area contributed by atoms with Crippen LogP contribution in [0.4, 0.5) is 0 Å². The zero-order valence-electron chi connectivity index (χ0n) is 11.4. The second kappa shape index (κ2) is 6.17. The van der Waals surface area contributed by atoms with Crippen LogP contribution in [-0.2, 0) is 24.1 Å². The van der Waals surface area contributed by atoms with Crippen molar-refractivity contribution in [2.24, 2.45) is 0 Å². The first-order valence-electron chi connectivity index (χ1n) is 6.38. The normalized spacial score (nSPS) is 14.9. The lowest BCUT2D eigenvalue weighted by Gasteiger charge is -2.23. The van der Waals surface area contributed by atoms with Gasteiger partial charge in [-0.05, 0) is 33.3 Å². The standard InChI is InChI=1S/C13H24N2O2/c1-5-11-8-12(15(6-2)14-11)9-13(4,16)10-17-7-3/h8,16H,5-7,9-10H2,1-4H3.